The molecule has 0 unspecified atom stereocenters. The first-order valence-electron chi connectivity index (χ1n) is 9.03. The van der Waals surface area contributed by atoms with Gasteiger partial charge in [-0.15, -0.1) is 0 Å². The normalized spacial score (nSPS) is 11.3. The summed E-state index contributed by atoms with van der Waals surface area (Å²) in [5.41, 5.74) is 0. The van der Waals surface area contributed by atoms with E-state index in [0.29, 0.717) is 5.40 Å². The van der Waals surface area contributed by atoms with Crippen molar-refractivity contribution < 1.29 is 0 Å². The monoisotopic (exact) mass is 402 g/mol. The van der Waals surface area contributed by atoms with Gasteiger partial charge >= 0.3 is 0 Å². The Bertz CT molecular complexity index is 824. The summed E-state index contributed by atoms with van der Waals surface area (Å²) in [5.74, 6) is 0. The molecule has 0 aliphatic rings. The maximum Gasteiger partial charge on any atom is 0.0274 e. The molecule has 0 saturated carbocycles. The topological polar surface area (TPSA) is 51.6 Å². The number of hydrogen-bond acceptors (Lipinski definition) is 4. The van der Waals surface area contributed by atoms with Crippen LogP contribution in [0.5, 0.6) is 0 Å². The van der Waals surface area contributed by atoms with Crippen LogP contribution in [0.3, 0.4) is 0 Å². The van der Waals surface area contributed by atoms with Crippen LogP contribution in [-0.2, 0) is 0 Å². The van der Waals surface area contributed by atoms with Crippen molar-refractivity contribution >= 4 is 37.1 Å². The van der Waals surface area contributed by atoms with Gasteiger partial charge in [0.25, 0.3) is 0 Å². The third-order valence-electron chi connectivity index (χ3n) is 4.51. The first-order valence-corrected chi connectivity index (χ1v) is 11.9. The first kappa shape index (κ1) is 18.8. The number of pyridine rings is 4. The maximum atomic E-state index is 4.23. The van der Waals surface area contributed by atoms with Crippen LogP contribution in [0.4, 0.5) is 0 Å². The predicted octanol–water partition coefficient (Wildman–Crippen LogP) is 3.18. The highest BCUT2D eigenvalue weighted by molar-refractivity contribution is 7.89. The van der Waals surface area contributed by atoms with Crippen LogP contribution >= 0.6 is 15.8 Å². The van der Waals surface area contributed by atoms with Crippen molar-refractivity contribution in [1.82, 2.24) is 19.9 Å². The molecule has 4 aromatic heterocycles. The van der Waals surface area contributed by atoms with Gasteiger partial charge in [-0.2, -0.15) is 0 Å². The Balaban J connectivity index is 1.84. The number of hydrogen-bond donors (Lipinski definition) is 0. The van der Waals surface area contributed by atoms with E-state index in [1.54, 1.807) is 0 Å². The second-order valence-corrected chi connectivity index (χ2v) is 11.7. The number of nitrogens with zero attached hydrogens (tertiary/aromatic N) is 4. The summed E-state index contributed by atoms with van der Waals surface area (Å²) in [5, 5.41) is 5.75. The van der Waals surface area contributed by atoms with E-state index in [4.69, 9.17) is 0 Å². The Morgan fingerprint density at radius 2 is 0.679 bits per heavy atom. The van der Waals surface area contributed by atoms with Gasteiger partial charge in [0.05, 0.1) is 0 Å². The molecule has 0 N–H and O–H groups in total. The van der Waals surface area contributed by atoms with Gasteiger partial charge in [-0.1, -0.05) is 6.92 Å². The first-order chi connectivity index (χ1) is 13.8. The molecule has 0 aliphatic heterocycles. The summed E-state index contributed by atoms with van der Waals surface area (Å²) in [6.45, 7) is 2.37. The molecule has 0 bridgehead atoms. The molecule has 0 atom stereocenters. The van der Waals surface area contributed by atoms with Crippen LogP contribution in [0, 0.1) is 0 Å². The van der Waals surface area contributed by atoms with E-state index in [1.807, 2.05) is 49.6 Å². The Morgan fingerprint density at radius 1 is 0.464 bits per heavy atom. The minimum Gasteiger partial charge on any atom is -0.265 e. The summed E-state index contributed by atoms with van der Waals surface area (Å²) < 4.78 is 0. The molecule has 0 radical (unpaired) electrons. The second kappa shape index (κ2) is 9.10. The van der Waals surface area contributed by atoms with Crippen LogP contribution < -0.4 is 21.2 Å². The van der Waals surface area contributed by atoms with Gasteiger partial charge in [0.2, 0.25) is 0 Å². The molecule has 0 fully saturated rings. The van der Waals surface area contributed by atoms with Gasteiger partial charge in [-0.25, -0.2) is 0 Å². The molecule has 0 saturated heterocycles. The highest BCUT2D eigenvalue weighted by Crippen LogP contribution is 2.55. The highest BCUT2D eigenvalue weighted by Gasteiger charge is 2.30. The van der Waals surface area contributed by atoms with E-state index >= 15 is 0 Å². The van der Waals surface area contributed by atoms with Gasteiger partial charge in [0.15, 0.2) is 0 Å². The average Bonchev–Trinajstić information content (AvgIpc) is 2.77. The number of rotatable bonds is 6. The van der Waals surface area contributed by atoms with Crippen LogP contribution in [0.1, 0.15) is 6.92 Å². The van der Waals surface area contributed by atoms with Crippen LogP contribution in [-0.4, -0.2) is 25.3 Å². The van der Waals surface area contributed by atoms with Crippen LogP contribution in [0.15, 0.2) is 98.1 Å². The van der Waals surface area contributed by atoms with Crippen LogP contribution in [0.2, 0.25) is 0 Å². The third-order valence-corrected chi connectivity index (χ3v) is 10.8. The highest BCUT2D eigenvalue weighted by atomic mass is 31.2. The molecule has 138 valence electrons. The van der Waals surface area contributed by atoms with E-state index in [2.05, 4.69) is 75.4 Å². The lowest BCUT2D eigenvalue weighted by Gasteiger charge is -2.33. The Hall–Kier alpha value is -2.54. The van der Waals surface area contributed by atoms with Gasteiger partial charge in [0, 0.05) is 55.0 Å². The zero-order chi connectivity index (χ0) is 19.2. The summed E-state index contributed by atoms with van der Waals surface area (Å²) in [6.07, 6.45) is 15.1. The fraction of sp³-hybridized carbons (Fsp3) is 0.0909. The second-order valence-electron chi connectivity index (χ2n) is 6.19. The molecule has 4 rings (SSSR count). The van der Waals surface area contributed by atoms with E-state index in [1.165, 1.54) is 21.2 Å². The smallest absolute Gasteiger partial charge is 0.0274 e. The van der Waals surface area contributed by atoms with Crippen molar-refractivity contribution in [2.75, 3.05) is 0 Å². The van der Waals surface area contributed by atoms with Gasteiger partial charge in [-0.3, -0.25) is 19.9 Å². The van der Waals surface area contributed by atoms with Crippen molar-refractivity contribution in [3.63, 3.8) is 0 Å². The predicted molar refractivity (Wildman–Crippen MR) is 119 cm³/mol. The quantitative estimate of drug-likeness (QED) is 0.465. The Labute approximate surface area is 167 Å². The molecule has 4 heterocycles. The molecule has 4 aromatic rings. The van der Waals surface area contributed by atoms with Crippen molar-refractivity contribution in [3.05, 3.63) is 98.1 Å². The molecular weight excluding hydrogens is 382 g/mol. The summed E-state index contributed by atoms with van der Waals surface area (Å²) in [4.78, 5) is 16.9. The molecule has 0 aliphatic carbocycles. The molecule has 6 heteroatoms. The standard InChI is InChI=1S/C22H20N4P2/c1-18(27(19-2-10-23-11-3-19)20-4-12-24-13-5-20)28(21-6-14-25-15-7-21)22-8-16-26-17-9-22/h2-18H,1H3. The summed E-state index contributed by atoms with van der Waals surface area (Å²) >= 11 is 0. The molecule has 4 nitrogen and oxygen atoms in total. The third kappa shape index (κ3) is 4.14. The number of aromatic nitrogens is 4. The fourth-order valence-electron chi connectivity index (χ4n) is 3.30. The van der Waals surface area contributed by atoms with E-state index in [-0.39, 0.29) is 0 Å². The van der Waals surface area contributed by atoms with Gasteiger partial charge in [-0.05, 0) is 85.6 Å². The van der Waals surface area contributed by atoms with E-state index < -0.39 is 15.8 Å². The zero-order valence-electron chi connectivity index (χ0n) is 15.5. The maximum absolute atomic E-state index is 4.23. The average molecular weight is 402 g/mol. The van der Waals surface area contributed by atoms with Crippen molar-refractivity contribution in [2.45, 2.75) is 12.3 Å². The van der Waals surface area contributed by atoms with Gasteiger partial charge in [0.1, 0.15) is 0 Å². The van der Waals surface area contributed by atoms with Crippen molar-refractivity contribution in [3.8, 4) is 0 Å². The lowest BCUT2D eigenvalue weighted by atomic mass is 10.5. The SMILES string of the molecule is CC(P(c1ccncc1)c1ccncc1)P(c1ccncc1)c1ccncc1. The molecule has 0 aromatic carbocycles. The molecular formula is C22H20N4P2. The van der Waals surface area contributed by atoms with Crippen molar-refractivity contribution in [2.24, 2.45) is 0 Å². The lowest BCUT2D eigenvalue weighted by Crippen LogP contribution is -2.26. The molecule has 0 spiro atoms. The molecule has 28 heavy (non-hydrogen) atoms. The lowest BCUT2D eigenvalue weighted by molar-refractivity contribution is 1.32. The minimum atomic E-state index is -0.591. The molecule has 0 amide bonds. The Kier molecular flexibility index (Phi) is 6.11. The van der Waals surface area contributed by atoms with E-state index in [0.717, 1.165) is 0 Å². The van der Waals surface area contributed by atoms with Crippen LogP contribution in [0.25, 0.3) is 0 Å². The van der Waals surface area contributed by atoms with Gasteiger partial charge < -0.3 is 0 Å². The van der Waals surface area contributed by atoms with E-state index in [9.17, 15) is 0 Å². The minimum absolute atomic E-state index is 0.416. The van der Waals surface area contributed by atoms with Crippen molar-refractivity contribution in [1.29, 1.82) is 0 Å². The zero-order valence-corrected chi connectivity index (χ0v) is 17.3. The fourth-order valence-corrected chi connectivity index (χ4v) is 9.96. The Morgan fingerprint density at radius 3 is 0.893 bits per heavy atom. The summed E-state index contributed by atoms with van der Waals surface area (Å²) in [6, 6.07) is 17.2. The largest absolute Gasteiger partial charge is 0.265 e. The summed E-state index contributed by atoms with van der Waals surface area (Å²) in [7, 11) is -1.18.